The van der Waals surface area contributed by atoms with E-state index in [2.05, 4.69) is 10.1 Å². The first-order valence-corrected chi connectivity index (χ1v) is 5.84. The fraction of sp³-hybridized carbons (Fsp3) is 0.385. The molecule has 2 N–H and O–H groups in total. The lowest BCUT2D eigenvalue weighted by Crippen LogP contribution is -2.22. The van der Waals surface area contributed by atoms with Gasteiger partial charge < -0.3 is 10.3 Å². The highest BCUT2D eigenvalue weighted by molar-refractivity contribution is 5.59. The zero-order valence-electron chi connectivity index (χ0n) is 10.6. The van der Waals surface area contributed by atoms with Crippen molar-refractivity contribution in [1.82, 2.24) is 10.1 Å². The fourth-order valence-corrected chi connectivity index (χ4v) is 1.59. The monoisotopic (exact) mass is 249 g/mol. The Morgan fingerprint density at radius 2 is 2.06 bits per heavy atom. The van der Waals surface area contributed by atoms with Gasteiger partial charge in [-0.25, -0.2) is 4.39 Å². The zero-order chi connectivity index (χ0) is 13.3. The van der Waals surface area contributed by atoms with Gasteiger partial charge in [0.05, 0.1) is 5.92 Å². The van der Waals surface area contributed by atoms with Crippen LogP contribution in [-0.2, 0) is 0 Å². The van der Waals surface area contributed by atoms with Gasteiger partial charge in [0.25, 0.3) is 0 Å². The van der Waals surface area contributed by atoms with E-state index < -0.39 is 0 Å². The molecule has 2 aromatic rings. The van der Waals surface area contributed by atoms with Gasteiger partial charge in [0, 0.05) is 11.6 Å². The number of nitrogens with two attached hydrogens (primary N) is 1. The molecule has 1 aromatic carbocycles. The summed E-state index contributed by atoms with van der Waals surface area (Å²) in [6.07, 6.45) is 0. The first-order valence-electron chi connectivity index (χ1n) is 5.84. The molecule has 0 aliphatic carbocycles. The van der Waals surface area contributed by atoms with Crippen LogP contribution >= 0.6 is 0 Å². The Morgan fingerprint density at radius 1 is 1.33 bits per heavy atom. The summed E-state index contributed by atoms with van der Waals surface area (Å²) in [5.41, 5.74) is 7.32. The molecule has 0 saturated carbocycles. The van der Waals surface area contributed by atoms with E-state index >= 15 is 0 Å². The highest BCUT2D eigenvalue weighted by Crippen LogP contribution is 2.24. The molecule has 1 heterocycles. The van der Waals surface area contributed by atoms with Crippen LogP contribution in [0.3, 0.4) is 0 Å². The molecule has 2 rings (SSSR count). The zero-order valence-corrected chi connectivity index (χ0v) is 10.6. The van der Waals surface area contributed by atoms with Crippen molar-refractivity contribution in [3.8, 4) is 11.4 Å². The molecule has 2 unspecified atom stereocenters. The Balaban J connectivity index is 2.38. The van der Waals surface area contributed by atoms with Crippen LogP contribution in [0.1, 0.15) is 31.2 Å². The number of benzene rings is 1. The first kappa shape index (κ1) is 12.7. The molecule has 4 nitrogen and oxygen atoms in total. The number of halogens is 1. The molecular weight excluding hydrogens is 233 g/mol. The van der Waals surface area contributed by atoms with Crippen molar-refractivity contribution < 1.29 is 8.91 Å². The van der Waals surface area contributed by atoms with Gasteiger partial charge in [-0.3, -0.25) is 0 Å². The van der Waals surface area contributed by atoms with Crippen LogP contribution in [-0.4, -0.2) is 16.2 Å². The summed E-state index contributed by atoms with van der Waals surface area (Å²) >= 11 is 0. The summed E-state index contributed by atoms with van der Waals surface area (Å²) in [7, 11) is 0. The quantitative estimate of drug-likeness (QED) is 0.908. The van der Waals surface area contributed by atoms with Gasteiger partial charge in [-0.05, 0) is 31.5 Å². The van der Waals surface area contributed by atoms with Gasteiger partial charge in [-0.1, -0.05) is 18.1 Å². The maximum absolute atomic E-state index is 13.2. The molecule has 1 aromatic heterocycles. The Morgan fingerprint density at radius 3 is 2.72 bits per heavy atom. The van der Waals surface area contributed by atoms with Gasteiger partial charge in [-0.2, -0.15) is 4.98 Å². The van der Waals surface area contributed by atoms with E-state index in [0.29, 0.717) is 17.3 Å². The van der Waals surface area contributed by atoms with E-state index in [1.54, 1.807) is 6.07 Å². The summed E-state index contributed by atoms with van der Waals surface area (Å²) in [5, 5.41) is 3.88. The number of rotatable bonds is 3. The molecule has 18 heavy (non-hydrogen) atoms. The second-order valence-corrected chi connectivity index (χ2v) is 4.56. The minimum atomic E-state index is -0.317. The van der Waals surface area contributed by atoms with Crippen molar-refractivity contribution in [2.75, 3.05) is 0 Å². The summed E-state index contributed by atoms with van der Waals surface area (Å²) in [6.45, 7) is 5.67. The third-order valence-corrected chi connectivity index (χ3v) is 3.06. The Labute approximate surface area is 105 Å². The second-order valence-electron chi connectivity index (χ2n) is 4.56. The lowest BCUT2D eigenvalue weighted by molar-refractivity contribution is 0.346. The van der Waals surface area contributed by atoms with Crippen LogP contribution in [0.25, 0.3) is 11.4 Å². The molecular formula is C13H16FN3O. The van der Waals surface area contributed by atoms with Crippen LogP contribution < -0.4 is 5.73 Å². The highest BCUT2D eigenvalue weighted by Gasteiger charge is 2.19. The molecule has 96 valence electrons. The van der Waals surface area contributed by atoms with E-state index in [1.165, 1.54) is 12.1 Å². The van der Waals surface area contributed by atoms with Gasteiger partial charge in [0.2, 0.25) is 11.7 Å². The molecule has 0 aliphatic heterocycles. The van der Waals surface area contributed by atoms with Gasteiger partial charge >= 0.3 is 0 Å². The smallest absolute Gasteiger partial charge is 0.231 e. The van der Waals surface area contributed by atoms with Gasteiger partial charge in [0.15, 0.2) is 0 Å². The molecule has 0 fully saturated rings. The van der Waals surface area contributed by atoms with E-state index in [0.717, 1.165) is 5.56 Å². The average molecular weight is 249 g/mol. The fourth-order valence-electron chi connectivity index (χ4n) is 1.59. The normalized spacial score (nSPS) is 14.5. The van der Waals surface area contributed by atoms with Gasteiger partial charge in [0.1, 0.15) is 5.82 Å². The lowest BCUT2D eigenvalue weighted by Gasteiger charge is -2.09. The van der Waals surface area contributed by atoms with Crippen molar-refractivity contribution in [2.45, 2.75) is 32.7 Å². The Hall–Kier alpha value is -1.75. The van der Waals surface area contributed by atoms with Crippen LogP contribution in [0.15, 0.2) is 22.7 Å². The molecule has 0 aliphatic rings. The minimum absolute atomic E-state index is 0.0277. The largest absolute Gasteiger partial charge is 0.339 e. The Bertz CT molecular complexity index is 551. The topological polar surface area (TPSA) is 64.9 Å². The number of aromatic nitrogens is 2. The van der Waals surface area contributed by atoms with Crippen molar-refractivity contribution in [3.63, 3.8) is 0 Å². The summed E-state index contributed by atoms with van der Waals surface area (Å²) in [5.74, 6) is 0.528. The minimum Gasteiger partial charge on any atom is -0.339 e. The number of hydrogen-bond donors (Lipinski definition) is 1. The van der Waals surface area contributed by atoms with Crippen LogP contribution in [0.2, 0.25) is 0 Å². The van der Waals surface area contributed by atoms with E-state index in [9.17, 15) is 4.39 Å². The predicted molar refractivity (Wildman–Crippen MR) is 66.5 cm³/mol. The van der Waals surface area contributed by atoms with Crippen LogP contribution in [0.4, 0.5) is 4.39 Å². The summed E-state index contributed by atoms with van der Waals surface area (Å²) < 4.78 is 18.4. The van der Waals surface area contributed by atoms with Crippen molar-refractivity contribution in [3.05, 3.63) is 35.5 Å². The van der Waals surface area contributed by atoms with Crippen molar-refractivity contribution >= 4 is 0 Å². The van der Waals surface area contributed by atoms with Crippen molar-refractivity contribution in [2.24, 2.45) is 5.73 Å². The van der Waals surface area contributed by atoms with Crippen LogP contribution in [0.5, 0.6) is 0 Å². The van der Waals surface area contributed by atoms with E-state index in [1.807, 2.05) is 20.8 Å². The number of aryl methyl sites for hydroxylation is 1. The molecule has 2 atom stereocenters. The molecule has 0 amide bonds. The Kier molecular flexibility index (Phi) is 3.43. The van der Waals surface area contributed by atoms with E-state index in [4.69, 9.17) is 10.3 Å². The maximum Gasteiger partial charge on any atom is 0.231 e. The third kappa shape index (κ3) is 2.41. The predicted octanol–water partition coefficient (Wildman–Crippen LogP) is 2.63. The third-order valence-electron chi connectivity index (χ3n) is 3.06. The molecule has 5 heteroatoms. The molecule has 0 saturated heterocycles. The maximum atomic E-state index is 13.2. The van der Waals surface area contributed by atoms with Crippen LogP contribution in [0, 0.1) is 12.7 Å². The molecule has 0 radical (unpaired) electrons. The summed E-state index contributed by atoms with van der Waals surface area (Å²) in [4.78, 5) is 4.28. The lowest BCUT2D eigenvalue weighted by atomic mass is 10.0. The highest BCUT2D eigenvalue weighted by atomic mass is 19.1. The van der Waals surface area contributed by atoms with Gasteiger partial charge in [-0.15, -0.1) is 0 Å². The second kappa shape index (κ2) is 4.86. The number of hydrogen-bond acceptors (Lipinski definition) is 4. The first-order chi connectivity index (χ1) is 8.49. The number of nitrogens with zero attached hydrogens (tertiary/aromatic N) is 2. The van der Waals surface area contributed by atoms with E-state index in [-0.39, 0.29) is 17.8 Å². The standard InChI is InChI=1S/C13H16FN3O/c1-7-4-5-10(14)6-11(7)12-16-13(18-17-12)8(2)9(3)15/h4-6,8-9H,15H2,1-3H3. The SMILES string of the molecule is Cc1ccc(F)cc1-c1noc(C(C)C(C)N)n1. The average Bonchev–Trinajstić information content (AvgIpc) is 2.80. The summed E-state index contributed by atoms with van der Waals surface area (Å²) in [6, 6.07) is 4.42. The molecule has 0 bridgehead atoms. The van der Waals surface area contributed by atoms with Crippen molar-refractivity contribution in [1.29, 1.82) is 0 Å². The molecule has 0 spiro atoms.